The number of hydrogen-bond donors (Lipinski definition) is 3. The maximum atomic E-state index is 12.4. The van der Waals surface area contributed by atoms with Crippen LogP contribution in [0.2, 0.25) is 0 Å². The number of amides is 1. The van der Waals surface area contributed by atoms with Gasteiger partial charge in [-0.3, -0.25) is 19.8 Å². The Hall–Kier alpha value is -4.91. The maximum absolute atomic E-state index is 12.4. The average Bonchev–Trinajstić information content (AvgIpc) is 3.44. The smallest absolute Gasteiger partial charge is 0.328 e. The van der Waals surface area contributed by atoms with Crippen LogP contribution in [0.15, 0.2) is 71.3 Å². The average molecular weight is 552 g/mol. The van der Waals surface area contributed by atoms with Gasteiger partial charge >= 0.3 is 11.9 Å². The maximum Gasteiger partial charge on any atom is 0.328 e. The third-order valence-electron chi connectivity index (χ3n) is 6.12. The largest absolute Gasteiger partial charge is 0.478 e. The highest BCUT2D eigenvalue weighted by Gasteiger charge is 2.23. The number of rotatable bonds is 10. The van der Waals surface area contributed by atoms with Crippen molar-refractivity contribution in [1.29, 1.82) is 0 Å². The fourth-order valence-corrected chi connectivity index (χ4v) is 4.13. The van der Waals surface area contributed by atoms with Crippen molar-refractivity contribution in [3.05, 3.63) is 88.3 Å². The first kappa shape index (κ1) is 29.6. The number of carbonyl (C=O) groups is 3. The molecule has 0 radical (unpaired) electrons. The molecule has 1 amide bonds. The van der Waals surface area contributed by atoms with Crippen LogP contribution in [0.25, 0.3) is 11.5 Å². The molecule has 0 atom stereocenters. The lowest BCUT2D eigenvalue weighted by atomic mass is 9.93. The fourth-order valence-electron chi connectivity index (χ4n) is 4.13. The van der Waals surface area contributed by atoms with Crippen molar-refractivity contribution in [2.24, 2.45) is 5.92 Å². The van der Waals surface area contributed by atoms with Crippen molar-refractivity contribution in [2.45, 2.75) is 25.8 Å². The Labute approximate surface area is 229 Å². The molecule has 0 unspecified atom stereocenters. The number of hydrogen-bond acceptors (Lipinski definition) is 9. The molecule has 1 aliphatic rings. The van der Waals surface area contributed by atoms with Crippen molar-refractivity contribution >= 4 is 23.5 Å². The van der Waals surface area contributed by atoms with E-state index in [0.717, 1.165) is 38.9 Å². The Morgan fingerprint density at radius 1 is 1.02 bits per heavy atom. The van der Waals surface area contributed by atoms with Gasteiger partial charge in [-0.2, -0.15) is 4.98 Å². The summed E-state index contributed by atoms with van der Waals surface area (Å²) in [5.41, 5.74) is 1.37. The van der Waals surface area contributed by atoms with Gasteiger partial charge in [0.2, 0.25) is 0 Å². The zero-order valence-electron chi connectivity index (χ0n) is 21.5. The summed E-state index contributed by atoms with van der Waals surface area (Å²) in [5.74, 6) is -2.57. The second-order valence-corrected chi connectivity index (χ2v) is 8.96. The molecule has 1 fully saturated rings. The van der Waals surface area contributed by atoms with Gasteiger partial charge in [0.15, 0.2) is 0 Å². The predicted molar refractivity (Wildman–Crippen MR) is 142 cm³/mol. The molecule has 4 rings (SSSR count). The van der Waals surface area contributed by atoms with Crippen LogP contribution in [0.1, 0.15) is 35.4 Å². The minimum Gasteiger partial charge on any atom is -0.478 e. The Kier molecular flexibility index (Phi) is 11.0. The summed E-state index contributed by atoms with van der Waals surface area (Å²) in [6.45, 7) is 3.61. The Balaban J connectivity index is 0.000000482. The SMILES string of the molecule is O=C(NCCC1CCN(Cc2ccccc2)CC1)c1noc(-c2ccccc2[N+](=O)[O-])n1.O=C(O)/C=C/C(=O)O. The zero-order valence-corrected chi connectivity index (χ0v) is 21.5. The number of carbonyl (C=O) groups excluding carboxylic acids is 1. The van der Waals surface area contributed by atoms with Crippen molar-refractivity contribution in [3.63, 3.8) is 0 Å². The van der Waals surface area contributed by atoms with E-state index in [0.29, 0.717) is 24.6 Å². The van der Waals surface area contributed by atoms with Gasteiger partial charge in [0.05, 0.1) is 4.92 Å². The summed E-state index contributed by atoms with van der Waals surface area (Å²) >= 11 is 0. The number of nitrogens with one attached hydrogen (secondary N) is 1. The predicted octanol–water partition coefficient (Wildman–Crippen LogP) is 3.39. The number of nitro groups is 1. The molecule has 210 valence electrons. The minimum absolute atomic E-state index is 0.0479. The number of carboxylic acids is 2. The van der Waals surface area contributed by atoms with E-state index in [1.54, 1.807) is 12.1 Å². The molecule has 0 saturated carbocycles. The highest BCUT2D eigenvalue weighted by molar-refractivity contribution is 5.91. The molecule has 0 aliphatic carbocycles. The molecule has 2 aromatic carbocycles. The first-order valence-electron chi connectivity index (χ1n) is 12.5. The van der Waals surface area contributed by atoms with Gasteiger partial charge < -0.3 is 20.1 Å². The second kappa shape index (κ2) is 14.9. The molecule has 13 heteroatoms. The number of benzene rings is 2. The Bertz CT molecular complexity index is 1320. The molecule has 13 nitrogen and oxygen atoms in total. The number of aromatic nitrogens is 2. The van der Waals surface area contributed by atoms with Crippen molar-refractivity contribution in [3.8, 4) is 11.5 Å². The lowest BCUT2D eigenvalue weighted by Gasteiger charge is -2.32. The number of carboxylic acid groups (broad SMARTS) is 2. The quantitative estimate of drug-likeness (QED) is 0.190. The summed E-state index contributed by atoms with van der Waals surface area (Å²) in [4.78, 5) is 48.6. The standard InChI is InChI=1S/C23H25N5O4.C4H4O4/c29-22(21-25-23(32-26-21)19-8-4-5-9-20(19)28(30)31)24-13-10-17-11-14-27(15-12-17)16-18-6-2-1-3-7-18;5-3(6)1-2-4(7)8/h1-9,17H,10-16H2,(H,24,29);1-2H,(H,5,6)(H,7,8)/b;2-1+. The van der Waals surface area contributed by atoms with E-state index < -0.39 is 22.8 Å². The lowest BCUT2D eigenvalue weighted by molar-refractivity contribution is -0.384. The van der Waals surface area contributed by atoms with Crippen molar-refractivity contribution in [2.75, 3.05) is 19.6 Å². The highest BCUT2D eigenvalue weighted by Crippen LogP contribution is 2.28. The van der Waals surface area contributed by atoms with E-state index in [4.69, 9.17) is 14.7 Å². The molecule has 0 spiro atoms. The van der Waals surface area contributed by atoms with Crippen molar-refractivity contribution in [1.82, 2.24) is 20.4 Å². The van der Waals surface area contributed by atoms with Gasteiger partial charge in [0.1, 0.15) is 5.56 Å². The summed E-state index contributed by atoms with van der Waals surface area (Å²) < 4.78 is 5.09. The number of para-hydroxylation sites is 1. The van der Waals surface area contributed by atoms with E-state index in [9.17, 15) is 24.5 Å². The van der Waals surface area contributed by atoms with Gasteiger partial charge in [-0.1, -0.05) is 47.6 Å². The fraction of sp³-hybridized carbons (Fsp3) is 0.296. The van der Waals surface area contributed by atoms with Crippen LogP contribution in [0.4, 0.5) is 5.69 Å². The molecule has 1 aromatic heterocycles. The molecule has 40 heavy (non-hydrogen) atoms. The van der Waals surface area contributed by atoms with Crippen LogP contribution in [-0.4, -0.2) is 67.7 Å². The van der Waals surface area contributed by atoms with E-state index in [1.807, 2.05) is 6.07 Å². The molecular formula is C27H29N5O8. The van der Waals surface area contributed by atoms with Crippen LogP contribution in [0, 0.1) is 16.0 Å². The van der Waals surface area contributed by atoms with E-state index in [1.165, 1.54) is 17.7 Å². The van der Waals surface area contributed by atoms with Crippen LogP contribution >= 0.6 is 0 Å². The number of likely N-dealkylation sites (tertiary alicyclic amines) is 1. The highest BCUT2D eigenvalue weighted by atomic mass is 16.6. The van der Waals surface area contributed by atoms with E-state index in [-0.39, 0.29) is 23.0 Å². The Morgan fingerprint density at radius 2 is 1.65 bits per heavy atom. The molecule has 3 N–H and O–H groups in total. The second-order valence-electron chi connectivity index (χ2n) is 8.96. The molecule has 1 aliphatic heterocycles. The van der Waals surface area contributed by atoms with Crippen LogP contribution in [0.5, 0.6) is 0 Å². The molecule has 1 saturated heterocycles. The van der Waals surface area contributed by atoms with Gasteiger partial charge in [0.25, 0.3) is 23.3 Å². The first-order chi connectivity index (χ1) is 19.2. The third kappa shape index (κ3) is 9.44. The van der Waals surface area contributed by atoms with Crippen LogP contribution < -0.4 is 5.32 Å². The topological polar surface area (TPSA) is 189 Å². The molecular weight excluding hydrogens is 522 g/mol. The number of nitrogens with zero attached hydrogens (tertiary/aromatic N) is 4. The molecule has 2 heterocycles. The third-order valence-corrected chi connectivity index (χ3v) is 6.12. The van der Waals surface area contributed by atoms with Crippen LogP contribution in [-0.2, 0) is 16.1 Å². The van der Waals surface area contributed by atoms with Crippen LogP contribution in [0.3, 0.4) is 0 Å². The number of piperidine rings is 1. The van der Waals surface area contributed by atoms with Gasteiger partial charge in [0, 0.05) is 31.3 Å². The number of aliphatic carboxylic acids is 2. The Morgan fingerprint density at radius 3 is 2.27 bits per heavy atom. The monoisotopic (exact) mass is 551 g/mol. The van der Waals surface area contributed by atoms with E-state index in [2.05, 4.69) is 44.6 Å². The minimum atomic E-state index is -1.26. The summed E-state index contributed by atoms with van der Waals surface area (Å²) in [5, 5.41) is 33.3. The molecule has 0 bridgehead atoms. The number of nitro benzene ring substituents is 1. The molecule has 3 aromatic rings. The summed E-state index contributed by atoms with van der Waals surface area (Å²) in [6.07, 6.45) is 4.21. The first-order valence-corrected chi connectivity index (χ1v) is 12.5. The van der Waals surface area contributed by atoms with Crippen molar-refractivity contribution < 1.29 is 34.0 Å². The lowest BCUT2D eigenvalue weighted by Crippen LogP contribution is -2.35. The van der Waals surface area contributed by atoms with Gasteiger partial charge in [-0.25, -0.2) is 9.59 Å². The summed E-state index contributed by atoms with van der Waals surface area (Å²) in [7, 11) is 0. The van der Waals surface area contributed by atoms with E-state index >= 15 is 0 Å². The summed E-state index contributed by atoms with van der Waals surface area (Å²) in [6, 6.07) is 16.5. The zero-order chi connectivity index (χ0) is 28.9. The van der Waals surface area contributed by atoms with Gasteiger partial charge in [-0.15, -0.1) is 0 Å². The van der Waals surface area contributed by atoms with Gasteiger partial charge in [-0.05, 0) is 49.9 Å². The normalized spacial score (nSPS) is 13.8.